The number of nitrogens with zero attached hydrogens (tertiary/aromatic N) is 4. The minimum Gasteiger partial charge on any atom is -0.481 e. The minimum absolute atomic E-state index is 0.0194. The Labute approximate surface area is 164 Å². The highest BCUT2D eigenvalue weighted by atomic mass is 19.1. The molecular weight excluding hydrogens is 375 g/mol. The van der Waals surface area contributed by atoms with Crippen LogP contribution in [0.25, 0.3) is 33.6 Å². The summed E-state index contributed by atoms with van der Waals surface area (Å²) in [6.07, 6.45) is 1.90. The van der Waals surface area contributed by atoms with Gasteiger partial charge in [-0.2, -0.15) is 10.2 Å². The van der Waals surface area contributed by atoms with Gasteiger partial charge in [0, 0.05) is 34.8 Å². The van der Waals surface area contributed by atoms with Crippen LogP contribution in [0.2, 0.25) is 0 Å². The SMILES string of the molecule is N#Cc1cc(-c2nc(-c3cccc4c(CCC(=O)O)nccc34)no2)ccc1F. The standard InChI is InChI=1S/C21H13FN4O3/c22-17-5-4-12(10-13(17)11-23)21-25-20(26-29-21)16-3-1-2-15-14(16)8-9-24-18(15)6-7-19(27)28/h1-5,8-10H,6-7H2,(H,27,28). The van der Waals surface area contributed by atoms with Gasteiger partial charge < -0.3 is 9.63 Å². The lowest BCUT2D eigenvalue weighted by Crippen LogP contribution is -2.00. The van der Waals surface area contributed by atoms with Gasteiger partial charge in [-0.05, 0) is 29.7 Å². The van der Waals surface area contributed by atoms with Crippen molar-refractivity contribution >= 4 is 16.7 Å². The molecule has 0 spiro atoms. The Morgan fingerprint density at radius 1 is 1.21 bits per heavy atom. The number of fused-ring (bicyclic) bond motifs is 1. The summed E-state index contributed by atoms with van der Waals surface area (Å²) in [7, 11) is 0. The summed E-state index contributed by atoms with van der Waals surface area (Å²) in [4.78, 5) is 19.6. The second kappa shape index (κ2) is 7.48. The summed E-state index contributed by atoms with van der Waals surface area (Å²) in [5, 5.41) is 23.6. The molecule has 2 aromatic carbocycles. The van der Waals surface area contributed by atoms with Crippen molar-refractivity contribution in [2.24, 2.45) is 0 Å². The Bertz CT molecular complexity index is 1280. The van der Waals surface area contributed by atoms with Crippen LogP contribution in [0.1, 0.15) is 17.7 Å². The van der Waals surface area contributed by atoms with Crippen molar-refractivity contribution < 1.29 is 18.8 Å². The van der Waals surface area contributed by atoms with Gasteiger partial charge in [0.05, 0.1) is 12.0 Å². The number of carbonyl (C=O) groups is 1. The van der Waals surface area contributed by atoms with E-state index in [0.29, 0.717) is 29.1 Å². The Morgan fingerprint density at radius 3 is 2.86 bits per heavy atom. The molecular formula is C21H13FN4O3. The van der Waals surface area contributed by atoms with Gasteiger partial charge in [0.1, 0.15) is 11.9 Å². The molecule has 0 atom stereocenters. The van der Waals surface area contributed by atoms with Crippen molar-refractivity contribution in [3.63, 3.8) is 0 Å². The van der Waals surface area contributed by atoms with Gasteiger partial charge in [0.2, 0.25) is 5.82 Å². The van der Waals surface area contributed by atoms with Crippen LogP contribution in [0.5, 0.6) is 0 Å². The molecule has 2 aromatic heterocycles. The second-order valence-corrected chi connectivity index (χ2v) is 6.28. The number of aliphatic carboxylic acids is 1. The van der Waals surface area contributed by atoms with Gasteiger partial charge in [0.15, 0.2) is 0 Å². The zero-order valence-electron chi connectivity index (χ0n) is 15.0. The fraction of sp³-hybridized carbons (Fsp3) is 0.0952. The molecule has 0 unspecified atom stereocenters. The molecule has 8 heteroatoms. The van der Waals surface area contributed by atoms with Crippen molar-refractivity contribution in [3.8, 4) is 28.9 Å². The van der Waals surface area contributed by atoms with E-state index in [1.165, 1.54) is 18.2 Å². The van der Waals surface area contributed by atoms with Gasteiger partial charge in [-0.3, -0.25) is 9.78 Å². The van der Waals surface area contributed by atoms with E-state index in [4.69, 9.17) is 14.9 Å². The predicted octanol–water partition coefficient (Wildman–Crippen LogP) is 3.98. The molecule has 7 nitrogen and oxygen atoms in total. The van der Waals surface area contributed by atoms with Crippen LogP contribution in [0.15, 0.2) is 53.2 Å². The average Bonchev–Trinajstić information content (AvgIpc) is 3.22. The van der Waals surface area contributed by atoms with E-state index in [2.05, 4.69) is 15.1 Å². The number of carboxylic acids is 1. The quantitative estimate of drug-likeness (QED) is 0.550. The van der Waals surface area contributed by atoms with Crippen LogP contribution in [0.3, 0.4) is 0 Å². The number of halogens is 1. The smallest absolute Gasteiger partial charge is 0.303 e. The molecule has 0 saturated heterocycles. The van der Waals surface area contributed by atoms with Crippen LogP contribution < -0.4 is 0 Å². The number of hydrogen-bond donors (Lipinski definition) is 1. The van der Waals surface area contributed by atoms with E-state index in [1.54, 1.807) is 18.3 Å². The lowest BCUT2D eigenvalue weighted by Gasteiger charge is -2.07. The Hall–Kier alpha value is -4.12. The molecule has 0 saturated carbocycles. The predicted molar refractivity (Wildman–Crippen MR) is 101 cm³/mol. The summed E-state index contributed by atoms with van der Waals surface area (Å²) < 4.78 is 18.9. The largest absolute Gasteiger partial charge is 0.481 e. The van der Waals surface area contributed by atoms with Crippen LogP contribution in [0, 0.1) is 17.1 Å². The third-order valence-electron chi connectivity index (χ3n) is 4.46. The van der Waals surface area contributed by atoms with Gasteiger partial charge in [0.25, 0.3) is 5.89 Å². The molecule has 0 bridgehead atoms. The lowest BCUT2D eigenvalue weighted by molar-refractivity contribution is -0.136. The van der Waals surface area contributed by atoms with Gasteiger partial charge in [-0.15, -0.1) is 0 Å². The van der Waals surface area contributed by atoms with Crippen LogP contribution >= 0.6 is 0 Å². The molecule has 0 aliphatic rings. The summed E-state index contributed by atoms with van der Waals surface area (Å²) in [5.74, 6) is -1.03. The normalized spacial score (nSPS) is 10.8. The molecule has 0 aliphatic heterocycles. The molecule has 2 heterocycles. The van der Waals surface area contributed by atoms with Crippen molar-refractivity contribution in [1.29, 1.82) is 5.26 Å². The molecule has 0 radical (unpaired) electrons. The van der Waals surface area contributed by atoms with Crippen LogP contribution in [-0.4, -0.2) is 26.2 Å². The fourth-order valence-corrected chi connectivity index (χ4v) is 3.08. The Morgan fingerprint density at radius 2 is 2.07 bits per heavy atom. The van der Waals surface area contributed by atoms with E-state index in [-0.39, 0.29) is 17.9 Å². The number of benzene rings is 2. The maximum atomic E-state index is 13.5. The zero-order valence-corrected chi connectivity index (χ0v) is 15.0. The first kappa shape index (κ1) is 18.3. The molecule has 0 amide bonds. The molecule has 142 valence electrons. The van der Waals surface area contributed by atoms with Crippen molar-refractivity contribution in [2.75, 3.05) is 0 Å². The zero-order chi connectivity index (χ0) is 20.4. The van der Waals surface area contributed by atoms with Crippen molar-refractivity contribution in [1.82, 2.24) is 15.1 Å². The number of rotatable bonds is 5. The molecule has 4 rings (SSSR count). The molecule has 0 fully saturated rings. The fourth-order valence-electron chi connectivity index (χ4n) is 3.08. The first-order chi connectivity index (χ1) is 14.1. The van der Waals surface area contributed by atoms with E-state index < -0.39 is 11.8 Å². The van der Waals surface area contributed by atoms with Gasteiger partial charge in [-0.1, -0.05) is 23.4 Å². The van der Waals surface area contributed by atoms with Crippen LogP contribution in [-0.2, 0) is 11.2 Å². The minimum atomic E-state index is -0.890. The third kappa shape index (κ3) is 3.53. The monoisotopic (exact) mass is 388 g/mol. The molecule has 0 aliphatic carbocycles. The number of hydrogen-bond acceptors (Lipinski definition) is 6. The highest BCUT2D eigenvalue weighted by molar-refractivity contribution is 5.96. The van der Waals surface area contributed by atoms with Crippen molar-refractivity contribution in [2.45, 2.75) is 12.8 Å². The summed E-state index contributed by atoms with van der Waals surface area (Å²) in [6, 6.07) is 13.1. The summed E-state index contributed by atoms with van der Waals surface area (Å²) in [5.41, 5.74) is 1.69. The Balaban J connectivity index is 1.76. The number of nitriles is 1. The van der Waals surface area contributed by atoms with E-state index >= 15 is 0 Å². The van der Waals surface area contributed by atoms with Crippen LogP contribution in [0.4, 0.5) is 4.39 Å². The van der Waals surface area contributed by atoms with E-state index in [1.807, 2.05) is 18.2 Å². The lowest BCUT2D eigenvalue weighted by atomic mass is 10.0. The third-order valence-corrected chi connectivity index (χ3v) is 4.46. The highest BCUT2D eigenvalue weighted by Crippen LogP contribution is 2.30. The highest BCUT2D eigenvalue weighted by Gasteiger charge is 2.16. The topological polar surface area (TPSA) is 113 Å². The molecule has 4 aromatic rings. The van der Waals surface area contributed by atoms with E-state index in [0.717, 1.165) is 10.8 Å². The second-order valence-electron chi connectivity index (χ2n) is 6.28. The maximum Gasteiger partial charge on any atom is 0.303 e. The number of carboxylic acid groups (broad SMARTS) is 1. The average molecular weight is 388 g/mol. The summed E-state index contributed by atoms with van der Waals surface area (Å²) in [6.45, 7) is 0. The molecule has 29 heavy (non-hydrogen) atoms. The van der Waals surface area contributed by atoms with Crippen molar-refractivity contribution in [3.05, 3.63) is 65.7 Å². The maximum absolute atomic E-state index is 13.5. The molecule has 1 N–H and O–H groups in total. The number of aromatic nitrogens is 3. The van der Waals surface area contributed by atoms with Gasteiger partial charge >= 0.3 is 5.97 Å². The Kier molecular flexibility index (Phi) is 4.71. The van der Waals surface area contributed by atoms with Gasteiger partial charge in [-0.25, -0.2) is 4.39 Å². The first-order valence-corrected chi connectivity index (χ1v) is 8.69. The first-order valence-electron chi connectivity index (χ1n) is 8.69. The summed E-state index contributed by atoms with van der Waals surface area (Å²) >= 11 is 0. The number of aryl methyl sites for hydroxylation is 1. The number of pyridine rings is 1. The van der Waals surface area contributed by atoms with E-state index in [9.17, 15) is 9.18 Å².